The third-order valence-corrected chi connectivity index (χ3v) is 8.61. The number of imidazole rings is 1. The smallest absolute Gasteiger partial charge is 0.364 e. The largest absolute Gasteiger partial charge is 0.393 e. The molecule has 3 fully saturated rings. The number of piperidine rings is 1. The Morgan fingerprint density at radius 2 is 1.91 bits per heavy atom. The Morgan fingerprint density at radius 3 is 2.58 bits per heavy atom. The molecule has 232 valence electrons. The highest BCUT2D eigenvalue weighted by molar-refractivity contribution is 5.95. The molecule has 2 N–H and O–H groups in total. The summed E-state index contributed by atoms with van der Waals surface area (Å²) in [5.41, 5.74) is 0.550. The molecule has 3 unspecified atom stereocenters. The predicted octanol–water partition coefficient (Wildman–Crippen LogP) is 4.99. The summed E-state index contributed by atoms with van der Waals surface area (Å²) in [6, 6.07) is 2.19. The van der Waals surface area contributed by atoms with Crippen molar-refractivity contribution in [3.63, 3.8) is 0 Å². The number of nitrogens with one attached hydrogen (secondary N) is 2. The average molecular weight is 617 g/mol. The van der Waals surface area contributed by atoms with Crippen LogP contribution in [0.1, 0.15) is 77.9 Å². The molecule has 2 amide bonds. The molecule has 0 aromatic carbocycles. The summed E-state index contributed by atoms with van der Waals surface area (Å²) in [6.07, 6.45) is -3.61. The standard InChI is InChI=1S/C27H27F7N6O3/c28-25(29)5-3-13(4-6-25)21(37-24(42)17-12-43-39-22(17)18-9-26(18,30)31)19-11-40-20(36-19)2-1-16(38-40)8-14-7-15(27(32,33)34)10-35-23(14)41/h1-2,11-15,18,21H,3-10H2,(H,35,41)(H,37,42)/t14?,15-,18?,21?/m1/s1. The van der Waals surface area contributed by atoms with Crippen molar-refractivity contribution in [2.75, 3.05) is 6.54 Å². The fourth-order valence-electron chi connectivity index (χ4n) is 6.00. The Labute approximate surface area is 239 Å². The lowest BCUT2D eigenvalue weighted by atomic mass is 9.81. The highest BCUT2D eigenvalue weighted by Gasteiger charge is 2.60. The molecule has 1 aliphatic heterocycles. The van der Waals surface area contributed by atoms with Gasteiger partial charge in [0, 0.05) is 38.1 Å². The molecule has 43 heavy (non-hydrogen) atoms. The van der Waals surface area contributed by atoms with Gasteiger partial charge >= 0.3 is 6.18 Å². The van der Waals surface area contributed by atoms with Crippen molar-refractivity contribution in [1.82, 2.24) is 30.4 Å². The van der Waals surface area contributed by atoms with E-state index in [1.807, 2.05) is 0 Å². The Hall–Kier alpha value is -3.72. The number of amides is 2. The SMILES string of the molecule is O=C(NC(c1cn2nc(CC3C[C@@H](C(F)(F)F)CNC3=O)ccc2n1)C1CCC(F)(F)CC1)c1conc1C1CC1(F)F. The summed E-state index contributed by atoms with van der Waals surface area (Å²) in [4.78, 5) is 30.1. The van der Waals surface area contributed by atoms with Crippen LogP contribution in [0.25, 0.3) is 5.65 Å². The van der Waals surface area contributed by atoms with Crippen molar-refractivity contribution in [3.8, 4) is 0 Å². The number of halogens is 7. The second-order valence-corrected chi connectivity index (χ2v) is 11.7. The topological polar surface area (TPSA) is 114 Å². The van der Waals surface area contributed by atoms with Gasteiger partial charge in [0.05, 0.1) is 35.5 Å². The van der Waals surface area contributed by atoms with E-state index in [2.05, 4.69) is 25.9 Å². The second kappa shape index (κ2) is 10.5. The maximum absolute atomic E-state index is 14.0. The maximum atomic E-state index is 14.0. The summed E-state index contributed by atoms with van der Waals surface area (Å²) in [5, 5.41) is 13.1. The first-order chi connectivity index (χ1) is 20.2. The average Bonchev–Trinajstić information content (AvgIpc) is 3.27. The highest BCUT2D eigenvalue weighted by Crippen LogP contribution is 2.56. The summed E-state index contributed by atoms with van der Waals surface area (Å²) in [7, 11) is 0. The third-order valence-electron chi connectivity index (χ3n) is 8.61. The number of alkyl halides is 7. The van der Waals surface area contributed by atoms with Gasteiger partial charge in [0.1, 0.15) is 17.5 Å². The zero-order valence-corrected chi connectivity index (χ0v) is 22.5. The van der Waals surface area contributed by atoms with Gasteiger partial charge in [0.2, 0.25) is 11.8 Å². The van der Waals surface area contributed by atoms with Crippen LogP contribution < -0.4 is 10.6 Å². The molecule has 0 bridgehead atoms. The predicted molar refractivity (Wildman–Crippen MR) is 133 cm³/mol. The van der Waals surface area contributed by atoms with Gasteiger partial charge < -0.3 is 15.2 Å². The van der Waals surface area contributed by atoms with E-state index in [9.17, 15) is 40.3 Å². The molecule has 0 radical (unpaired) electrons. The van der Waals surface area contributed by atoms with Crippen molar-refractivity contribution in [2.24, 2.45) is 17.8 Å². The number of carbonyl (C=O) groups is 2. The summed E-state index contributed by atoms with van der Waals surface area (Å²) in [5.74, 6) is -11.5. The molecule has 4 atom stereocenters. The van der Waals surface area contributed by atoms with Crippen molar-refractivity contribution < 1.29 is 44.8 Å². The fourth-order valence-corrected chi connectivity index (χ4v) is 6.00. The van der Waals surface area contributed by atoms with Crippen molar-refractivity contribution >= 4 is 17.5 Å². The van der Waals surface area contributed by atoms with E-state index in [0.717, 1.165) is 6.26 Å². The van der Waals surface area contributed by atoms with Crippen molar-refractivity contribution in [3.05, 3.63) is 47.2 Å². The lowest BCUT2D eigenvalue weighted by Crippen LogP contribution is -2.47. The second-order valence-electron chi connectivity index (χ2n) is 11.7. The molecule has 9 nitrogen and oxygen atoms in total. The first-order valence-electron chi connectivity index (χ1n) is 13.9. The van der Waals surface area contributed by atoms with E-state index in [1.54, 1.807) is 6.07 Å². The number of rotatable bonds is 7. The quantitative estimate of drug-likeness (QED) is 0.362. The highest BCUT2D eigenvalue weighted by atomic mass is 19.4. The van der Waals surface area contributed by atoms with E-state index in [1.165, 1.54) is 16.8 Å². The molecule has 1 saturated heterocycles. The lowest BCUT2D eigenvalue weighted by Gasteiger charge is -2.33. The minimum Gasteiger partial charge on any atom is -0.364 e. The van der Waals surface area contributed by atoms with Gasteiger partial charge in [-0.05, 0) is 37.3 Å². The van der Waals surface area contributed by atoms with Crippen LogP contribution in [-0.2, 0) is 11.2 Å². The molecule has 3 aromatic rings. The van der Waals surface area contributed by atoms with E-state index in [-0.39, 0.29) is 42.6 Å². The number of nitrogens with zero attached hydrogens (tertiary/aromatic N) is 4. The fraction of sp³-hybridized carbons (Fsp3) is 0.593. The van der Waals surface area contributed by atoms with Crippen LogP contribution in [0.5, 0.6) is 0 Å². The normalized spacial score (nSPS) is 26.2. The zero-order valence-electron chi connectivity index (χ0n) is 22.5. The Balaban J connectivity index is 1.25. The van der Waals surface area contributed by atoms with E-state index < -0.39 is 85.4 Å². The van der Waals surface area contributed by atoms with Gasteiger partial charge in [-0.3, -0.25) is 9.59 Å². The minimum absolute atomic E-state index is 0.0538. The summed E-state index contributed by atoms with van der Waals surface area (Å²) < 4.78 is 101. The number of hydrogen-bond donors (Lipinski definition) is 2. The molecule has 2 aliphatic carbocycles. The number of fused-ring (bicyclic) bond motifs is 1. The summed E-state index contributed by atoms with van der Waals surface area (Å²) >= 11 is 0. The molecule has 2 saturated carbocycles. The van der Waals surface area contributed by atoms with Crippen LogP contribution in [0.15, 0.2) is 29.1 Å². The van der Waals surface area contributed by atoms with Crippen LogP contribution in [0.3, 0.4) is 0 Å². The molecule has 4 heterocycles. The van der Waals surface area contributed by atoms with Crippen LogP contribution in [0, 0.1) is 17.8 Å². The Morgan fingerprint density at radius 1 is 1.19 bits per heavy atom. The lowest BCUT2D eigenvalue weighted by molar-refractivity contribution is -0.183. The maximum Gasteiger partial charge on any atom is 0.393 e. The van der Waals surface area contributed by atoms with E-state index in [0.29, 0.717) is 11.3 Å². The zero-order chi connectivity index (χ0) is 30.7. The molecule has 0 spiro atoms. The minimum atomic E-state index is -4.45. The molecule has 3 aromatic heterocycles. The van der Waals surface area contributed by atoms with E-state index in [4.69, 9.17) is 4.52 Å². The van der Waals surface area contributed by atoms with Crippen LogP contribution in [0.4, 0.5) is 30.7 Å². The van der Waals surface area contributed by atoms with Gasteiger partial charge in [-0.25, -0.2) is 27.1 Å². The first-order valence-corrected chi connectivity index (χ1v) is 13.9. The van der Waals surface area contributed by atoms with Gasteiger partial charge in [-0.15, -0.1) is 0 Å². The monoisotopic (exact) mass is 616 g/mol. The summed E-state index contributed by atoms with van der Waals surface area (Å²) in [6.45, 7) is -0.476. The number of aromatic nitrogens is 4. The molecule has 6 rings (SSSR count). The van der Waals surface area contributed by atoms with Crippen LogP contribution >= 0.6 is 0 Å². The Bertz CT molecular complexity index is 1530. The molecule has 16 heteroatoms. The van der Waals surface area contributed by atoms with Crippen molar-refractivity contribution in [2.45, 2.75) is 74.9 Å². The van der Waals surface area contributed by atoms with Crippen LogP contribution in [-0.4, -0.2) is 56.1 Å². The van der Waals surface area contributed by atoms with Crippen molar-refractivity contribution in [1.29, 1.82) is 0 Å². The third kappa shape index (κ3) is 6.05. The Kier molecular flexibility index (Phi) is 7.15. The first kappa shape index (κ1) is 29.4. The molecular formula is C27H27F7N6O3. The van der Waals surface area contributed by atoms with Gasteiger partial charge in [0.15, 0.2) is 5.65 Å². The van der Waals surface area contributed by atoms with Crippen LogP contribution in [0.2, 0.25) is 0 Å². The van der Waals surface area contributed by atoms with Gasteiger partial charge in [-0.2, -0.15) is 18.3 Å². The van der Waals surface area contributed by atoms with Gasteiger partial charge in [-0.1, -0.05) is 5.16 Å². The molecular weight excluding hydrogens is 589 g/mol. The van der Waals surface area contributed by atoms with Gasteiger partial charge in [0.25, 0.3) is 11.8 Å². The number of carbonyl (C=O) groups excluding carboxylic acids is 2. The molecule has 3 aliphatic rings. The number of hydrogen-bond acceptors (Lipinski definition) is 6. The van der Waals surface area contributed by atoms with E-state index >= 15 is 0 Å².